The minimum atomic E-state index is -0.170. The second-order valence-corrected chi connectivity index (χ2v) is 5.58. The molecule has 90 valence electrons. The first-order valence-corrected chi connectivity index (χ1v) is 7.04. The molecule has 1 fully saturated rings. The second-order valence-electron chi connectivity index (χ2n) is 4.69. The highest BCUT2D eigenvalue weighted by Crippen LogP contribution is 2.31. The van der Waals surface area contributed by atoms with E-state index in [1.54, 1.807) is 11.3 Å². The minimum Gasteiger partial charge on any atom is -0.319 e. The molecule has 0 aromatic carbocycles. The summed E-state index contributed by atoms with van der Waals surface area (Å²) in [7, 11) is 0. The van der Waals surface area contributed by atoms with Gasteiger partial charge in [0.2, 0.25) is 0 Å². The maximum absolute atomic E-state index is 6.50. The van der Waals surface area contributed by atoms with Gasteiger partial charge in [-0.25, -0.2) is 4.98 Å². The molecule has 1 aromatic rings. The third-order valence-corrected chi connectivity index (χ3v) is 4.36. The molecule has 1 aromatic heterocycles. The number of thiazole rings is 1. The van der Waals surface area contributed by atoms with Crippen molar-refractivity contribution in [2.75, 3.05) is 19.6 Å². The number of hydrogen-bond donors (Lipinski definition) is 1. The summed E-state index contributed by atoms with van der Waals surface area (Å²) in [6, 6.07) is 0. The Kier molecular flexibility index (Phi) is 3.95. The van der Waals surface area contributed by atoms with Gasteiger partial charge >= 0.3 is 0 Å². The van der Waals surface area contributed by atoms with Crippen LogP contribution in [-0.2, 0) is 5.54 Å². The third kappa shape index (κ3) is 2.62. The number of rotatable bonds is 3. The molecule has 3 nitrogen and oxygen atoms in total. The SMILES string of the molecule is CCCN1CCCC(N)(c2nccs2)CC1. The molecule has 0 spiro atoms. The number of aromatic nitrogens is 1. The molecule has 2 N–H and O–H groups in total. The zero-order valence-corrected chi connectivity index (χ0v) is 10.8. The van der Waals surface area contributed by atoms with Crippen molar-refractivity contribution in [2.45, 2.75) is 38.1 Å². The number of hydrogen-bond acceptors (Lipinski definition) is 4. The Balaban J connectivity index is 2.02. The van der Waals surface area contributed by atoms with E-state index in [0.717, 1.165) is 24.4 Å². The molecule has 0 radical (unpaired) electrons. The molecule has 0 saturated carbocycles. The van der Waals surface area contributed by atoms with Gasteiger partial charge in [-0.15, -0.1) is 11.3 Å². The molecule has 4 heteroatoms. The Morgan fingerprint density at radius 1 is 1.50 bits per heavy atom. The summed E-state index contributed by atoms with van der Waals surface area (Å²) in [5, 5.41) is 3.14. The van der Waals surface area contributed by atoms with Gasteiger partial charge in [-0.2, -0.15) is 0 Å². The molecule has 0 amide bonds. The zero-order valence-electron chi connectivity index (χ0n) is 9.98. The fourth-order valence-electron chi connectivity index (χ4n) is 2.44. The Hall–Kier alpha value is -0.450. The van der Waals surface area contributed by atoms with Crippen LogP contribution in [0.4, 0.5) is 0 Å². The van der Waals surface area contributed by atoms with Crippen LogP contribution in [0.5, 0.6) is 0 Å². The summed E-state index contributed by atoms with van der Waals surface area (Å²) >= 11 is 1.70. The van der Waals surface area contributed by atoms with Crippen molar-refractivity contribution in [3.63, 3.8) is 0 Å². The van der Waals surface area contributed by atoms with Gasteiger partial charge in [-0.3, -0.25) is 0 Å². The van der Waals surface area contributed by atoms with Gasteiger partial charge in [0.15, 0.2) is 0 Å². The van der Waals surface area contributed by atoms with Crippen molar-refractivity contribution in [1.29, 1.82) is 0 Å². The van der Waals surface area contributed by atoms with Crippen LogP contribution < -0.4 is 5.73 Å². The van der Waals surface area contributed by atoms with Crippen LogP contribution in [0, 0.1) is 0 Å². The summed E-state index contributed by atoms with van der Waals surface area (Å²) in [4.78, 5) is 6.93. The van der Waals surface area contributed by atoms with Gasteiger partial charge in [0.05, 0.1) is 5.54 Å². The molecule has 2 heterocycles. The van der Waals surface area contributed by atoms with Crippen LogP contribution in [0.15, 0.2) is 11.6 Å². The molecule has 1 aliphatic heterocycles. The van der Waals surface area contributed by atoms with E-state index in [4.69, 9.17) is 5.73 Å². The second kappa shape index (κ2) is 5.25. The highest BCUT2D eigenvalue weighted by Gasteiger charge is 2.32. The van der Waals surface area contributed by atoms with Crippen LogP contribution in [-0.4, -0.2) is 29.5 Å². The predicted molar refractivity (Wildman–Crippen MR) is 68.6 cm³/mol. The molecule has 1 aliphatic rings. The summed E-state index contributed by atoms with van der Waals surface area (Å²) in [6.45, 7) is 5.75. The van der Waals surface area contributed by atoms with Gasteiger partial charge in [0, 0.05) is 18.1 Å². The normalized spacial score (nSPS) is 27.9. The van der Waals surface area contributed by atoms with Crippen molar-refractivity contribution in [3.8, 4) is 0 Å². The maximum Gasteiger partial charge on any atom is 0.112 e. The molecule has 2 rings (SSSR count). The first-order valence-electron chi connectivity index (χ1n) is 6.16. The molecular formula is C12H21N3S. The molecule has 1 atom stereocenters. The average molecular weight is 239 g/mol. The standard InChI is InChI=1S/C12H21N3S/c1-2-7-15-8-3-4-12(13,5-9-15)11-14-6-10-16-11/h6,10H,2-5,7-9,13H2,1H3. The highest BCUT2D eigenvalue weighted by atomic mass is 32.1. The largest absolute Gasteiger partial charge is 0.319 e. The first kappa shape index (κ1) is 12.0. The lowest BCUT2D eigenvalue weighted by atomic mass is 9.93. The van der Waals surface area contributed by atoms with Gasteiger partial charge in [0.25, 0.3) is 0 Å². The topological polar surface area (TPSA) is 42.1 Å². The van der Waals surface area contributed by atoms with Crippen molar-refractivity contribution in [2.24, 2.45) is 5.73 Å². The number of likely N-dealkylation sites (tertiary alicyclic amines) is 1. The van der Waals surface area contributed by atoms with Crippen LogP contribution in [0.2, 0.25) is 0 Å². The molecule has 1 unspecified atom stereocenters. The Morgan fingerprint density at radius 3 is 3.06 bits per heavy atom. The van der Waals surface area contributed by atoms with Crippen molar-refractivity contribution < 1.29 is 0 Å². The molecule has 16 heavy (non-hydrogen) atoms. The first-order chi connectivity index (χ1) is 7.74. The summed E-state index contributed by atoms with van der Waals surface area (Å²) < 4.78 is 0. The molecule has 0 bridgehead atoms. The van der Waals surface area contributed by atoms with E-state index in [2.05, 4.69) is 16.8 Å². The average Bonchev–Trinajstić information content (AvgIpc) is 2.74. The quantitative estimate of drug-likeness (QED) is 0.879. The van der Waals surface area contributed by atoms with Crippen LogP contribution >= 0.6 is 11.3 Å². The van der Waals surface area contributed by atoms with E-state index < -0.39 is 0 Å². The van der Waals surface area contributed by atoms with Crippen LogP contribution in [0.25, 0.3) is 0 Å². The fraction of sp³-hybridized carbons (Fsp3) is 0.750. The summed E-state index contributed by atoms with van der Waals surface area (Å²) in [6.07, 6.45) is 6.40. The molecular weight excluding hydrogens is 218 g/mol. The van der Waals surface area contributed by atoms with Crippen LogP contribution in [0.3, 0.4) is 0 Å². The van der Waals surface area contributed by atoms with Gasteiger partial charge in [0.1, 0.15) is 5.01 Å². The summed E-state index contributed by atoms with van der Waals surface area (Å²) in [5.74, 6) is 0. The van der Waals surface area contributed by atoms with Gasteiger partial charge in [-0.1, -0.05) is 6.92 Å². The monoisotopic (exact) mass is 239 g/mol. The lowest BCUT2D eigenvalue weighted by Gasteiger charge is -2.25. The third-order valence-electron chi connectivity index (χ3n) is 3.37. The molecule has 1 saturated heterocycles. The van der Waals surface area contributed by atoms with Crippen LogP contribution in [0.1, 0.15) is 37.6 Å². The van der Waals surface area contributed by atoms with Gasteiger partial charge < -0.3 is 10.6 Å². The predicted octanol–water partition coefficient (Wildman–Crippen LogP) is 2.19. The molecule has 0 aliphatic carbocycles. The van der Waals surface area contributed by atoms with E-state index in [0.29, 0.717) is 0 Å². The van der Waals surface area contributed by atoms with Crippen molar-refractivity contribution in [1.82, 2.24) is 9.88 Å². The highest BCUT2D eigenvalue weighted by molar-refractivity contribution is 7.09. The lowest BCUT2D eigenvalue weighted by molar-refractivity contribution is 0.276. The van der Waals surface area contributed by atoms with E-state index in [1.807, 2.05) is 11.6 Å². The zero-order chi connectivity index (χ0) is 11.4. The minimum absolute atomic E-state index is 0.170. The van der Waals surface area contributed by atoms with E-state index in [-0.39, 0.29) is 5.54 Å². The Labute approximate surface area is 102 Å². The summed E-state index contributed by atoms with van der Waals surface area (Å²) in [5.41, 5.74) is 6.33. The van der Waals surface area contributed by atoms with E-state index in [1.165, 1.54) is 25.9 Å². The maximum atomic E-state index is 6.50. The fourth-order valence-corrected chi connectivity index (χ4v) is 3.25. The van der Waals surface area contributed by atoms with Crippen molar-refractivity contribution in [3.05, 3.63) is 16.6 Å². The lowest BCUT2D eigenvalue weighted by Crippen LogP contribution is -2.37. The van der Waals surface area contributed by atoms with E-state index >= 15 is 0 Å². The Bertz CT molecular complexity index is 312. The smallest absolute Gasteiger partial charge is 0.112 e. The number of nitrogens with zero attached hydrogens (tertiary/aromatic N) is 2. The Morgan fingerprint density at radius 2 is 2.38 bits per heavy atom. The number of nitrogens with two attached hydrogens (primary N) is 1. The van der Waals surface area contributed by atoms with Crippen molar-refractivity contribution >= 4 is 11.3 Å². The van der Waals surface area contributed by atoms with Gasteiger partial charge in [-0.05, 0) is 38.8 Å². The van der Waals surface area contributed by atoms with E-state index in [9.17, 15) is 0 Å².